The molecule has 1 aliphatic heterocycles. The van der Waals surface area contributed by atoms with Gasteiger partial charge in [-0.25, -0.2) is 4.39 Å². The van der Waals surface area contributed by atoms with Gasteiger partial charge in [-0.3, -0.25) is 0 Å². The van der Waals surface area contributed by atoms with E-state index in [9.17, 15) is 4.39 Å². The number of halogens is 1. The van der Waals surface area contributed by atoms with Crippen LogP contribution in [0.3, 0.4) is 0 Å². The Balaban J connectivity index is 2.17. The lowest BCUT2D eigenvalue weighted by atomic mass is 10.2. The molecule has 0 N–H and O–H groups in total. The first-order chi connectivity index (χ1) is 7.31. The van der Waals surface area contributed by atoms with Gasteiger partial charge in [0.15, 0.2) is 11.6 Å². The second-order valence-electron chi connectivity index (χ2n) is 3.42. The van der Waals surface area contributed by atoms with E-state index in [1.807, 2.05) is 6.07 Å². The molecule has 2 rings (SSSR count). The van der Waals surface area contributed by atoms with Crippen LogP contribution in [0.5, 0.6) is 5.75 Å². The Morgan fingerprint density at radius 2 is 2.07 bits per heavy atom. The number of hydrogen-bond donors (Lipinski definition) is 0. The van der Waals surface area contributed by atoms with Crippen molar-refractivity contribution in [3.63, 3.8) is 0 Å². The molecule has 1 aromatic carbocycles. The summed E-state index contributed by atoms with van der Waals surface area (Å²) in [6.07, 6.45) is 0. The van der Waals surface area contributed by atoms with E-state index in [0.29, 0.717) is 13.2 Å². The highest BCUT2D eigenvalue weighted by atomic mass is 19.1. The molecule has 1 aromatic rings. The van der Waals surface area contributed by atoms with Crippen LogP contribution in [0.15, 0.2) is 18.2 Å². The minimum absolute atomic E-state index is 0.284. The van der Waals surface area contributed by atoms with E-state index in [1.165, 1.54) is 13.2 Å². The van der Waals surface area contributed by atoms with Gasteiger partial charge in [0.25, 0.3) is 0 Å². The van der Waals surface area contributed by atoms with Crippen LogP contribution in [-0.4, -0.2) is 33.4 Å². The van der Waals surface area contributed by atoms with Crippen LogP contribution in [-0.2, 0) is 4.74 Å². The molecule has 0 bridgehead atoms. The van der Waals surface area contributed by atoms with Crippen molar-refractivity contribution in [1.29, 1.82) is 0 Å². The monoisotopic (exact) mass is 211 g/mol. The van der Waals surface area contributed by atoms with E-state index in [4.69, 9.17) is 9.47 Å². The van der Waals surface area contributed by atoms with Gasteiger partial charge >= 0.3 is 0 Å². The van der Waals surface area contributed by atoms with E-state index in [2.05, 4.69) is 4.90 Å². The number of rotatable bonds is 2. The van der Waals surface area contributed by atoms with Gasteiger partial charge in [0.1, 0.15) is 0 Å². The van der Waals surface area contributed by atoms with Crippen molar-refractivity contribution < 1.29 is 13.9 Å². The summed E-state index contributed by atoms with van der Waals surface area (Å²) in [5, 5.41) is 0. The van der Waals surface area contributed by atoms with E-state index >= 15 is 0 Å². The summed E-state index contributed by atoms with van der Waals surface area (Å²) in [4.78, 5) is 2.10. The average molecular weight is 211 g/mol. The molecule has 15 heavy (non-hydrogen) atoms. The molecule has 0 aliphatic carbocycles. The van der Waals surface area contributed by atoms with E-state index in [0.717, 1.165) is 18.8 Å². The smallest absolute Gasteiger partial charge is 0.167 e. The molecule has 0 amide bonds. The average Bonchev–Trinajstić information content (AvgIpc) is 2.30. The number of nitrogens with zero attached hydrogens (tertiary/aromatic N) is 1. The molecule has 0 spiro atoms. The van der Waals surface area contributed by atoms with E-state index in [-0.39, 0.29) is 11.6 Å². The molecule has 1 fully saturated rings. The van der Waals surface area contributed by atoms with Crippen LogP contribution in [0.25, 0.3) is 0 Å². The molecule has 0 aromatic heterocycles. The fraction of sp³-hybridized carbons (Fsp3) is 0.455. The van der Waals surface area contributed by atoms with Crippen molar-refractivity contribution in [3.8, 4) is 5.75 Å². The quantitative estimate of drug-likeness (QED) is 0.742. The number of anilines is 1. The Labute approximate surface area is 88.4 Å². The van der Waals surface area contributed by atoms with Crippen molar-refractivity contribution in [2.75, 3.05) is 38.3 Å². The first kappa shape index (κ1) is 10.2. The summed E-state index contributed by atoms with van der Waals surface area (Å²) in [5.74, 6) is -0.0338. The fourth-order valence-corrected chi connectivity index (χ4v) is 1.67. The van der Waals surface area contributed by atoms with Crippen LogP contribution in [0.2, 0.25) is 0 Å². The molecular formula is C11H14FNO2. The van der Waals surface area contributed by atoms with Crippen molar-refractivity contribution >= 4 is 5.69 Å². The molecule has 0 unspecified atom stereocenters. The molecule has 1 heterocycles. The lowest BCUT2D eigenvalue weighted by molar-refractivity contribution is 0.122. The summed E-state index contributed by atoms with van der Waals surface area (Å²) < 4.78 is 23.5. The zero-order valence-electron chi connectivity index (χ0n) is 8.70. The van der Waals surface area contributed by atoms with E-state index in [1.54, 1.807) is 6.07 Å². The van der Waals surface area contributed by atoms with Crippen molar-refractivity contribution in [3.05, 3.63) is 24.0 Å². The second kappa shape index (κ2) is 4.49. The molecule has 0 atom stereocenters. The minimum Gasteiger partial charge on any atom is -0.494 e. The van der Waals surface area contributed by atoms with Crippen LogP contribution < -0.4 is 9.64 Å². The third-order valence-electron chi connectivity index (χ3n) is 2.51. The zero-order chi connectivity index (χ0) is 10.7. The minimum atomic E-state index is -0.318. The van der Waals surface area contributed by atoms with Crippen molar-refractivity contribution in [2.24, 2.45) is 0 Å². The fourth-order valence-electron chi connectivity index (χ4n) is 1.67. The number of morpholine rings is 1. The molecule has 0 saturated carbocycles. The van der Waals surface area contributed by atoms with Gasteiger partial charge in [-0.2, -0.15) is 0 Å². The van der Waals surface area contributed by atoms with Gasteiger partial charge in [-0.1, -0.05) is 0 Å². The third-order valence-corrected chi connectivity index (χ3v) is 2.51. The van der Waals surface area contributed by atoms with Gasteiger partial charge in [-0.05, 0) is 12.1 Å². The molecule has 0 radical (unpaired) electrons. The molecule has 1 aliphatic rings. The Morgan fingerprint density at radius 3 is 2.67 bits per heavy atom. The SMILES string of the molecule is COc1ccc(N2CCOCC2)cc1F. The number of ether oxygens (including phenoxy) is 2. The summed E-state index contributed by atoms with van der Waals surface area (Å²) in [7, 11) is 1.47. The maximum absolute atomic E-state index is 13.4. The number of methoxy groups -OCH3 is 1. The Bertz CT molecular complexity index is 337. The van der Waals surface area contributed by atoms with Gasteiger partial charge < -0.3 is 14.4 Å². The summed E-state index contributed by atoms with van der Waals surface area (Å²) in [6.45, 7) is 3.03. The van der Waals surface area contributed by atoms with Gasteiger partial charge in [-0.15, -0.1) is 0 Å². The van der Waals surface area contributed by atoms with Crippen LogP contribution in [0, 0.1) is 5.82 Å². The summed E-state index contributed by atoms with van der Waals surface area (Å²) in [5.41, 5.74) is 0.886. The Kier molecular flexibility index (Phi) is 3.06. The third kappa shape index (κ3) is 2.21. The second-order valence-corrected chi connectivity index (χ2v) is 3.42. The van der Waals surface area contributed by atoms with Crippen LogP contribution >= 0.6 is 0 Å². The highest BCUT2D eigenvalue weighted by molar-refractivity contribution is 5.50. The van der Waals surface area contributed by atoms with Crippen molar-refractivity contribution in [1.82, 2.24) is 0 Å². The van der Waals surface area contributed by atoms with Gasteiger partial charge in [0, 0.05) is 24.8 Å². The van der Waals surface area contributed by atoms with Gasteiger partial charge in [0.2, 0.25) is 0 Å². The maximum Gasteiger partial charge on any atom is 0.167 e. The topological polar surface area (TPSA) is 21.7 Å². The normalized spacial score (nSPS) is 16.5. The summed E-state index contributed by atoms with van der Waals surface area (Å²) in [6, 6.07) is 5.03. The molecule has 82 valence electrons. The first-order valence-corrected chi connectivity index (χ1v) is 4.97. The first-order valence-electron chi connectivity index (χ1n) is 4.97. The largest absolute Gasteiger partial charge is 0.494 e. The number of hydrogen-bond acceptors (Lipinski definition) is 3. The van der Waals surface area contributed by atoms with E-state index < -0.39 is 0 Å². The maximum atomic E-state index is 13.4. The molecular weight excluding hydrogens is 197 g/mol. The molecule has 4 heteroatoms. The van der Waals surface area contributed by atoms with Crippen LogP contribution in [0.4, 0.5) is 10.1 Å². The Morgan fingerprint density at radius 1 is 1.33 bits per heavy atom. The molecule has 3 nitrogen and oxygen atoms in total. The van der Waals surface area contributed by atoms with Gasteiger partial charge in [0.05, 0.1) is 20.3 Å². The molecule has 1 saturated heterocycles. The highest BCUT2D eigenvalue weighted by Gasteiger charge is 2.13. The predicted molar refractivity (Wildman–Crippen MR) is 56.0 cm³/mol. The lowest BCUT2D eigenvalue weighted by Gasteiger charge is -2.28. The zero-order valence-corrected chi connectivity index (χ0v) is 8.70. The standard InChI is InChI=1S/C11H14FNO2/c1-14-11-3-2-9(8-10(11)12)13-4-6-15-7-5-13/h2-3,8H,4-7H2,1H3. The highest BCUT2D eigenvalue weighted by Crippen LogP contribution is 2.23. The summed E-state index contributed by atoms with van der Waals surface area (Å²) >= 11 is 0. The predicted octanol–water partition coefficient (Wildman–Crippen LogP) is 1.67. The van der Waals surface area contributed by atoms with Crippen molar-refractivity contribution in [2.45, 2.75) is 0 Å². The lowest BCUT2D eigenvalue weighted by Crippen LogP contribution is -2.36. The van der Waals surface area contributed by atoms with Crippen LogP contribution in [0.1, 0.15) is 0 Å². The number of benzene rings is 1. The Hall–Kier alpha value is -1.29.